The molecule has 0 amide bonds. The first-order valence-electron chi connectivity index (χ1n) is 6.18. The summed E-state index contributed by atoms with van der Waals surface area (Å²) in [5.74, 6) is -0.510. The number of rotatable bonds is 3. The molecule has 1 N–H and O–H groups in total. The van der Waals surface area contributed by atoms with E-state index in [0.717, 1.165) is 31.7 Å². The van der Waals surface area contributed by atoms with Gasteiger partial charge in [-0.3, -0.25) is 10.1 Å². The van der Waals surface area contributed by atoms with E-state index in [0.29, 0.717) is 12.0 Å². The molecule has 1 aliphatic carbocycles. The lowest BCUT2D eigenvalue weighted by molar-refractivity contribution is -0.385. The van der Waals surface area contributed by atoms with Crippen LogP contribution in [0, 0.1) is 21.8 Å². The lowest BCUT2D eigenvalue weighted by atomic mass is 9.82. The van der Waals surface area contributed by atoms with Crippen molar-refractivity contribution < 1.29 is 14.4 Å². The zero-order valence-electron chi connectivity index (χ0n) is 10.0. The number of hydrogen-bond donors (Lipinski definition) is 1. The highest BCUT2D eigenvalue weighted by Gasteiger charge is 2.24. The first-order chi connectivity index (χ1) is 8.56. The summed E-state index contributed by atoms with van der Waals surface area (Å²) in [6.45, 7) is 0. The smallest absolute Gasteiger partial charge is 0.272 e. The fourth-order valence-corrected chi connectivity index (χ4v) is 2.59. The normalized spacial score (nSPS) is 23.9. The second kappa shape index (κ2) is 5.44. The van der Waals surface area contributed by atoms with Crippen LogP contribution in [0.4, 0.5) is 10.1 Å². The molecule has 1 aliphatic rings. The van der Waals surface area contributed by atoms with Gasteiger partial charge in [-0.15, -0.1) is 0 Å². The van der Waals surface area contributed by atoms with E-state index in [4.69, 9.17) is 0 Å². The van der Waals surface area contributed by atoms with Crippen LogP contribution in [0.15, 0.2) is 18.2 Å². The summed E-state index contributed by atoms with van der Waals surface area (Å²) < 4.78 is 13.3. The maximum absolute atomic E-state index is 13.3. The molecule has 1 aromatic rings. The third kappa shape index (κ3) is 3.04. The van der Waals surface area contributed by atoms with E-state index >= 15 is 0 Å². The summed E-state index contributed by atoms with van der Waals surface area (Å²) in [5.41, 5.74) is 0.364. The Kier molecular flexibility index (Phi) is 3.91. The molecule has 4 nitrogen and oxygen atoms in total. The quantitative estimate of drug-likeness (QED) is 0.665. The van der Waals surface area contributed by atoms with Crippen LogP contribution in [0.3, 0.4) is 0 Å². The molecule has 1 fully saturated rings. The lowest BCUT2D eigenvalue weighted by Crippen LogP contribution is -2.26. The molecule has 0 spiro atoms. The van der Waals surface area contributed by atoms with Crippen LogP contribution in [0.2, 0.25) is 0 Å². The molecule has 98 valence electrons. The molecule has 0 aromatic heterocycles. The standard InChI is InChI=1S/C13H16FNO3/c14-11-6-9(7-12(8-11)15(17)18)5-10-3-1-2-4-13(10)16/h6-8,10,13,16H,1-5H2. The minimum atomic E-state index is -0.593. The summed E-state index contributed by atoms with van der Waals surface area (Å²) in [7, 11) is 0. The van der Waals surface area contributed by atoms with Gasteiger partial charge in [0.1, 0.15) is 5.82 Å². The number of non-ortho nitro benzene ring substituents is 1. The maximum atomic E-state index is 13.3. The van der Waals surface area contributed by atoms with Crippen molar-refractivity contribution in [1.82, 2.24) is 0 Å². The van der Waals surface area contributed by atoms with Crippen molar-refractivity contribution in [3.8, 4) is 0 Å². The van der Waals surface area contributed by atoms with Crippen LogP contribution >= 0.6 is 0 Å². The predicted molar refractivity (Wildman–Crippen MR) is 64.7 cm³/mol. The van der Waals surface area contributed by atoms with Crippen LogP contribution in [0.5, 0.6) is 0 Å². The molecule has 2 unspecified atom stereocenters. The summed E-state index contributed by atoms with van der Waals surface area (Å²) in [6, 6.07) is 3.62. The van der Waals surface area contributed by atoms with Gasteiger partial charge in [0, 0.05) is 6.07 Å². The number of aliphatic hydroxyl groups is 1. The van der Waals surface area contributed by atoms with Gasteiger partial charge in [-0.1, -0.05) is 12.8 Å². The highest BCUT2D eigenvalue weighted by atomic mass is 19.1. The van der Waals surface area contributed by atoms with E-state index in [1.54, 1.807) is 0 Å². The fraction of sp³-hybridized carbons (Fsp3) is 0.538. The Labute approximate surface area is 105 Å². The number of aliphatic hydroxyl groups excluding tert-OH is 1. The Morgan fingerprint density at radius 1 is 1.33 bits per heavy atom. The third-order valence-corrected chi connectivity index (χ3v) is 3.52. The van der Waals surface area contributed by atoms with Gasteiger partial charge in [-0.2, -0.15) is 0 Å². The largest absolute Gasteiger partial charge is 0.393 e. The van der Waals surface area contributed by atoms with Gasteiger partial charge in [0.15, 0.2) is 0 Å². The highest BCUT2D eigenvalue weighted by molar-refractivity contribution is 5.35. The monoisotopic (exact) mass is 253 g/mol. The molecule has 0 aliphatic heterocycles. The molecule has 18 heavy (non-hydrogen) atoms. The van der Waals surface area contributed by atoms with E-state index in [1.807, 2.05) is 0 Å². The first kappa shape index (κ1) is 13.0. The summed E-state index contributed by atoms with van der Waals surface area (Å²) in [4.78, 5) is 10.1. The first-order valence-corrected chi connectivity index (χ1v) is 6.18. The van der Waals surface area contributed by atoms with Crippen LogP contribution in [0.25, 0.3) is 0 Å². The Bertz CT molecular complexity index is 450. The molecule has 1 saturated carbocycles. The highest BCUT2D eigenvalue weighted by Crippen LogP contribution is 2.28. The number of nitrogens with zero attached hydrogens (tertiary/aromatic N) is 1. The molecular weight excluding hydrogens is 237 g/mol. The second-order valence-corrected chi connectivity index (χ2v) is 4.89. The summed E-state index contributed by atoms with van der Waals surface area (Å²) >= 11 is 0. The van der Waals surface area contributed by atoms with Crippen molar-refractivity contribution in [1.29, 1.82) is 0 Å². The van der Waals surface area contributed by atoms with E-state index in [2.05, 4.69) is 0 Å². The third-order valence-electron chi connectivity index (χ3n) is 3.52. The van der Waals surface area contributed by atoms with Crippen molar-refractivity contribution in [2.75, 3.05) is 0 Å². The molecule has 0 bridgehead atoms. The zero-order chi connectivity index (χ0) is 13.1. The Hall–Kier alpha value is -1.49. The van der Waals surface area contributed by atoms with Gasteiger partial charge in [0.25, 0.3) is 5.69 Å². The molecule has 0 heterocycles. The van der Waals surface area contributed by atoms with E-state index in [1.165, 1.54) is 12.1 Å². The van der Waals surface area contributed by atoms with Gasteiger partial charge in [-0.25, -0.2) is 4.39 Å². The van der Waals surface area contributed by atoms with Crippen molar-refractivity contribution in [2.45, 2.75) is 38.2 Å². The molecule has 0 saturated heterocycles. The SMILES string of the molecule is O=[N+]([O-])c1cc(F)cc(CC2CCCCC2O)c1. The predicted octanol–water partition coefficient (Wildman–Crippen LogP) is 2.83. The minimum Gasteiger partial charge on any atom is -0.393 e. The Morgan fingerprint density at radius 3 is 2.72 bits per heavy atom. The van der Waals surface area contributed by atoms with Crippen LogP contribution in [-0.4, -0.2) is 16.1 Å². The summed E-state index contributed by atoms with van der Waals surface area (Å²) in [6.07, 6.45) is 3.86. The average molecular weight is 253 g/mol. The van der Waals surface area contributed by atoms with Crippen LogP contribution in [0.1, 0.15) is 31.2 Å². The molecule has 2 atom stereocenters. The van der Waals surface area contributed by atoms with Crippen LogP contribution < -0.4 is 0 Å². The van der Waals surface area contributed by atoms with Crippen molar-refractivity contribution in [2.24, 2.45) is 5.92 Å². The average Bonchev–Trinajstić information content (AvgIpc) is 2.31. The topological polar surface area (TPSA) is 63.4 Å². The Morgan fingerprint density at radius 2 is 2.06 bits per heavy atom. The zero-order valence-corrected chi connectivity index (χ0v) is 10.0. The number of nitro groups is 1. The van der Waals surface area contributed by atoms with Gasteiger partial charge in [0.2, 0.25) is 0 Å². The van der Waals surface area contributed by atoms with E-state index in [-0.39, 0.29) is 17.7 Å². The second-order valence-electron chi connectivity index (χ2n) is 4.89. The van der Waals surface area contributed by atoms with Gasteiger partial charge >= 0.3 is 0 Å². The number of halogens is 1. The van der Waals surface area contributed by atoms with E-state index in [9.17, 15) is 19.6 Å². The lowest BCUT2D eigenvalue weighted by Gasteiger charge is -2.27. The number of hydrogen-bond acceptors (Lipinski definition) is 3. The maximum Gasteiger partial charge on any atom is 0.272 e. The van der Waals surface area contributed by atoms with Gasteiger partial charge in [0.05, 0.1) is 17.1 Å². The number of nitro benzene ring substituents is 1. The number of benzene rings is 1. The van der Waals surface area contributed by atoms with Crippen LogP contribution in [-0.2, 0) is 6.42 Å². The summed E-state index contributed by atoms with van der Waals surface area (Å²) in [5, 5.41) is 20.5. The molecule has 2 rings (SSSR count). The molecule has 1 aromatic carbocycles. The van der Waals surface area contributed by atoms with Gasteiger partial charge in [-0.05, 0) is 36.8 Å². The van der Waals surface area contributed by atoms with Crippen molar-refractivity contribution >= 4 is 5.69 Å². The Balaban J connectivity index is 2.15. The van der Waals surface area contributed by atoms with Gasteiger partial charge < -0.3 is 5.11 Å². The molecule has 0 radical (unpaired) electrons. The molecule has 5 heteroatoms. The molecular formula is C13H16FNO3. The fourth-order valence-electron chi connectivity index (χ4n) is 2.59. The van der Waals surface area contributed by atoms with Crippen molar-refractivity contribution in [3.63, 3.8) is 0 Å². The minimum absolute atomic E-state index is 0.0835. The van der Waals surface area contributed by atoms with Crippen molar-refractivity contribution in [3.05, 3.63) is 39.7 Å². The van der Waals surface area contributed by atoms with E-state index < -0.39 is 10.7 Å².